The molecule has 0 unspecified atom stereocenters. The number of hydrogen-bond acceptors (Lipinski definition) is 3. The van der Waals surface area contributed by atoms with Crippen LogP contribution in [0.5, 0.6) is 0 Å². The molecule has 2 aliphatic rings. The normalized spacial score (nSPS) is 11.0. The van der Waals surface area contributed by atoms with Gasteiger partial charge in [-0.3, -0.25) is 0 Å². The Hall–Kier alpha value is -2.69. The van der Waals surface area contributed by atoms with Crippen molar-refractivity contribution >= 4 is 0 Å². The third kappa shape index (κ3) is 1.98. The molecule has 1 aromatic carbocycles. The Kier molecular flexibility index (Phi) is 2.97. The number of fused-ring (bicyclic) bond motifs is 1. The van der Waals surface area contributed by atoms with Gasteiger partial charge < -0.3 is 4.42 Å². The fourth-order valence-corrected chi connectivity index (χ4v) is 2.43. The predicted molar refractivity (Wildman–Crippen MR) is 78.2 cm³/mol. The molecule has 5 heteroatoms. The van der Waals surface area contributed by atoms with E-state index in [2.05, 4.69) is 0 Å². The number of aromatic nitrogens is 2. The fraction of sp³-hybridized carbons (Fsp3) is 0.188. The van der Waals surface area contributed by atoms with Crippen LogP contribution in [0.1, 0.15) is 5.56 Å². The van der Waals surface area contributed by atoms with Crippen molar-refractivity contribution in [3.63, 3.8) is 0 Å². The van der Waals surface area contributed by atoms with E-state index in [-0.39, 0.29) is 5.56 Å². The van der Waals surface area contributed by atoms with Crippen LogP contribution in [0.4, 0.5) is 0 Å². The molecule has 0 radical (unpaired) electrons. The van der Waals surface area contributed by atoms with Gasteiger partial charge in [0.05, 0.1) is 14.1 Å². The molecule has 2 heterocycles. The first-order chi connectivity index (χ1) is 10.0. The smallest absolute Gasteiger partial charge is 0.422 e. The number of hydrogen-bond donors (Lipinski definition) is 0. The summed E-state index contributed by atoms with van der Waals surface area (Å²) in [5, 5.41) is 0. The van der Waals surface area contributed by atoms with Crippen LogP contribution in [0.3, 0.4) is 0 Å². The van der Waals surface area contributed by atoms with Gasteiger partial charge in [0.25, 0.3) is 0 Å². The molecule has 0 atom stereocenters. The summed E-state index contributed by atoms with van der Waals surface area (Å²) in [7, 11) is 3.07. The van der Waals surface area contributed by atoms with E-state index >= 15 is 0 Å². The predicted octanol–water partition coefficient (Wildman–Crippen LogP) is 1.24. The zero-order valence-electron chi connectivity index (χ0n) is 12.1. The van der Waals surface area contributed by atoms with E-state index in [1.807, 2.05) is 43.3 Å². The largest absolute Gasteiger partial charge is 0.503 e. The number of nitrogens with zero attached hydrogens (tertiary/aromatic N) is 2. The van der Waals surface area contributed by atoms with Crippen molar-refractivity contribution in [2.24, 2.45) is 14.1 Å². The molecule has 2 aliphatic heterocycles. The van der Waals surface area contributed by atoms with Crippen LogP contribution in [-0.4, -0.2) is 4.57 Å². The van der Waals surface area contributed by atoms with Gasteiger partial charge in [-0.2, -0.15) is 13.9 Å². The molecule has 0 bridgehead atoms. The minimum atomic E-state index is -0.402. The molecule has 0 aromatic heterocycles. The zero-order chi connectivity index (χ0) is 15.1. The van der Waals surface area contributed by atoms with Crippen molar-refractivity contribution in [3.8, 4) is 22.8 Å². The number of aryl methyl sites for hydroxylation is 1. The lowest BCUT2D eigenvalue weighted by molar-refractivity contribution is -0.688. The van der Waals surface area contributed by atoms with Gasteiger partial charge in [0.15, 0.2) is 5.56 Å². The van der Waals surface area contributed by atoms with Crippen molar-refractivity contribution in [1.82, 2.24) is 4.57 Å². The van der Waals surface area contributed by atoms with E-state index in [1.165, 1.54) is 11.6 Å². The molecule has 5 nitrogen and oxygen atoms in total. The minimum Gasteiger partial charge on any atom is -0.422 e. The quantitative estimate of drug-likeness (QED) is 0.631. The average molecular weight is 283 g/mol. The SMILES string of the molecule is Cc1cc(-c2ccccc2)oc2[n+](C)c(=O)n(C)c(=O)c1-2. The van der Waals surface area contributed by atoms with Crippen molar-refractivity contribution in [2.75, 3.05) is 0 Å². The molecule has 3 rings (SSSR count). The molecule has 0 N–H and O–H groups in total. The molecule has 0 aliphatic carbocycles. The van der Waals surface area contributed by atoms with Gasteiger partial charge in [-0.05, 0) is 18.6 Å². The van der Waals surface area contributed by atoms with Crippen LogP contribution in [0, 0.1) is 6.92 Å². The van der Waals surface area contributed by atoms with E-state index in [4.69, 9.17) is 4.42 Å². The van der Waals surface area contributed by atoms with Crippen molar-refractivity contribution in [3.05, 3.63) is 62.8 Å². The summed E-state index contributed by atoms with van der Waals surface area (Å²) in [5.74, 6) is 0.922. The Morgan fingerprint density at radius 3 is 2.48 bits per heavy atom. The highest BCUT2D eigenvalue weighted by molar-refractivity contribution is 5.64. The Labute approximate surface area is 121 Å². The zero-order valence-corrected chi connectivity index (χ0v) is 12.1. The summed E-state index contributed by atoms with van der Waals surface area (Å²) in [6.45, 7) is 1.84. The minimum absolute atomic E-state index is 0.293. The molecule has 106 valence electrons. The first-order valence-corrected chi connectivity index (χ1v) is 6.59. The number of rotatable bonds is 1. The standard InChI is InChI=1S/C16H15N2O3/c1-10-9-12(11-7-5-4-6-8-11)21-15-13(10)14(19)17(2)16(20)18(15)3/h4-9H,1-3H3/q+1. The van der Waals surface area contributed by atoms with Gasteiger partial charge in [0, 0.05) is 5.56 Å². The monoisotopic (exact) mass is 283 g/mol. The topological polar surface area (TPSA) is 56.1 Å². The maximum Gasteiger partial charge on any atom is 0.503 e. The maximum absolute atomic E-state index is 12.3. The van der Waals surface area contributed by atoms with Crippen LogP contribution in [0.2, 0.25) is 0 Å². The average Bonchev–Trinajstić information content (AvgIpc) is 2.51. The summed E-state index contributed by atoms with van der Waals surface area (Å²) >= 11 is 0. The van der Waals surface area contributed by atoms with Crippen LogP contribution < -0.4 is 15.8 Å². The summed E-state index contributed by atoms with van der Waals surface area (Å²) in [5.41, 5.74) is 1.37. The van der Waals surface area contributed by atoms with Gasteiger partial charge in [0.2, 0.25) is 0 Å². The lowest BCUT2D eigenvalue weighted by Gasteiger charge is -2.10. The van der Waals surface area contributed by atoms with Gasteiger partial charge in [-0.15, -0.1) is 0 Å². The van der Waals surface area contributed by atoms with Crippen LogP contribution in [-0.2, 0) is 14.1 Å². The molecule has 21 heavy (non-hydrogen) atoms. The molecular weight excluding hydrogens is 268 g/mol. The Morgan fingerprint density at radius 2 is 1.81 bits per heavy atom. The van der Waals surface area contributed by atoms with Gasteiger partial charge in [0.1, 0.15) is 5.76 Å². The second-order valence-corrected chi connectivity index (χ2v) is 5.05. The first-order valence-electron chi connectivity index (χ1n) is 6.59. The summed E-state index contributed by atoms with van der Waals surface area (Å²) < 4.78 is 8.27. The summed E-state index contributed by atoms with van der Waals surface area (Å²) in [6, 6.07) is 11.4. The van der Waals surface area contributed by atoms with E-state index in [1.54, 1.807) is 7.05 Å². The van der Waals surface area contributed by atoms with E-state index < -0.39 is 5.69 Å². The molecule has 0 fully saturated rings. The van der Waals surface area contributed by atoms with Gasteiger partial charge in [-0.25, -0.2) is 4.79 Å². The second kappa shape index (κ2) is 4.70. The van der Waals surface area contributed by atoms with E-state index in [9.17, 15) is 9.59 Å². The first kappa shape index (κ1) is 13.3. The maximum atomic E-state index is 12.3. The van der Waals surface area contributed by atoms with Gasteiger partial charge in [-0.1, -0.05) is 30.3 Å². The number of benzene rings is 1. The van der Waals surface area contributed by atoms with Gasteiger partial charge >= 0.3 is 17.1 Å². The summed E-state index contributed by atoms with van der Waals surface area (Å²) in [6.07, 6.45) is 0. The third-order valence-corrected chi connectivity index (χ3v) is 3.62. The van der Waals surface area contributed by atoms with Crippen LogP contribution in [0.15, 0.2) is 50.4 Å². The highest BCUT2D eigenvalue weighted by atomic mass is 16.4. The lowest BCUT2D eigenvalue weighted by atomic mass is 10.1. The third-order valence-electron chi connectivity index (χ3n) is 3.62. The summed E-state index contributed by atoms with van der Waals surface area (Å²) in [4.78, 5) is 24.3. The highest BCUT2D eigenvalue weighted by Gasteiger charge is 2.27. The van der Waals surface area contributed by atoms with E-state index in [0.717, 1.165) is 15.7 Å². The van der Waals surface area contributed by atoms with Crippen LogP contribution in [0.25, 0.3) is 22.8 Å². The van der Waals surface area contributed by atoms with Crippen molar-refractivity contribution in [2.45, 2.75) is 6.92 Å². The van der Waals surface area contributed by atoms with E-state index in [0.29, 0.717) is 17.2 Å². The molecule has 0 saturated carbocycles. The van der Waals surface area contributed by atoms with Crippen molar-refractivity contribution in [1.29, 1.82) is 0 Å². The Morgan fingerprint density at radius 1 is 1.14 bits per heavy atom. The molecule has 0 amide bonds. The highest BCUT2D eigenvalue weighted by Crippen LogP contribution is 2.27. The second-order valence-electron chi connectivity index (χ2n) is 5.05. The Bertz CT molecular complexity index is 907. The molecule has 0 spiro atoms. The van der Waals surface area contributed by atoms with Crippen molar-refractivity contribution < 1.29 is 8.98 Å². The lowest BCUT2D eigenvalue weighted by Crippen LogP contribution is -2.57. The Balaban J connectivity index is 2.43. The molecular formula is C16H15N2O3+. The molecule has 1 aromatic rings. The molecule has 0 saturated heterocycles. The van der Waals surface area contributed by atoms with Crippen LogP contribution >= 0.6 is 0 Å². The fourth-order valence-electron chi connectivity index (χ4n) is 2.43.